The van der Waals surface area contributed by atoms with Crippen molar-refractivity contribution < 1.29 is 19.4 Å². The summed E-state index contributed by atoms with van der Waals surface area (Å²) < 4.78 is 5.34. The summed E-state index contributed by atoms with van der Waals surface area (Å²) in [6.45, 7) is 6.59. The molecule has 7 heteroatoms. The molecule has 0 aliphatic carbocycles. The molecule has 2 N–H and O–H groups in total. The van der Waals surface area contributed by atoms with Gasteiger partial charge in [0.25, 0.3) is 0 Å². The zero-order valence-electron chi connectivity index (χ0n) is 14.4. The highest BCUT2D eigenvalue weighted by Crippen LogP contribution is 2.21. The first-order chi connectivity index (χ1) is 11.3. The summed E-state index contributed by atoms with van der Waals surface area (Å²) in [5, 5.41) is 12.8. The quantitative estimate of drug-likeness (QED) is 0.873. The number of hydrogen-bond acceptors (Lipinski definition) is 5. The lowest BCUT2D eigenvalue weighted by Gasteiger charge is -2.37. The average Bonchev–Trinajstić information content (AvgIpc) is 2.52. The molecule has 0 bridgehead atoms. The van der Waals surface area contributed by atoms with Crippen molar-refractivity contribution in [2.24, 2.45) is 5.92 Å². The summed E-state index contributed by atoms with van der Waals surface area (Å²) >= 11 is 0. The number of carbonyl (C=O) groups is 2. The number of carboxylic acid groups (broad SMARTS) is 1. The van der Waals surface area contributed by atoms with E-state index in [-0.39, 0.29) is 12.6 Å². The molecule has 0 radical (unpaired) electrons. The Hall–Kier alpha value is -2.15. The molecule has 7 nitrogen and oxygen atoms in total. The van der Waals surface area contributed by atoms with Gasteiger partial charge < -0.3 is 20.1 Å². The highest BCUT2D eigenvalue weighted by Gasteiger charge is 2.37. The number of carbonyl (C=O) groups excluding carboxylic acids is 1. The third kappa shape index (κ3) is 5.19. The number of nitrogens with zero attached hydrogens (tertiary/aromatic N) is 2. The van der Waals surface area contributed by atoms with Crippen LogP contribution >= 0.6 is 0 Å². The molecule has 1 aromatic rings. The number of carboxylic acids is 1. The molecule has 0 aromatic carbocycles. The molecule has 0 unspecified atom stereocenters. The fourth-order valence-electron chi connectivity index (χ4n) is 2.69. The smallest absolute Gasteiger partial charge is 0.410 e. The van der Waals surface area contributed by atoms with Crippen LogP contribution in [0.4, 0.5) is 4.79 Å². The van der Waals surface area contributed by atoms with Crippen LogP contribution in [-0.4, -0.2) is 51.8 Å². The first kappa shape index (κ1) is 18.2. The van der Waals surface area contributed by atoms with Gasteiger partial charge in [0.05, 0.1) is 5.92 Å². The summed E-state index contributed by atoms with van der Waals surface area (Å²) in [7, 11) is 0. The molecular formula is C17H25N3O4. The van der Waals surface area contributed by atoms with Crippen molar-refractivity contribution in [1.29, 1.82) is 0 Å². The molecule has 0 spiro atoms. The number of ether oxygens (including phenoxy) is 1. The number of pyridine rings is 1. The summed E-state index contributed by atoms with van der Waals surface area (Å²) in [5.74, 6) is -1.57. The topological polar surface area (TPSA) is 91.8 Å². The van der Waals surface area contributed by atoms with E-state index in [4.69, 9.17) is 4.74 Å². The van der Waals surface area contributed by atoms with Gasteiger partial charge in [-0.1, -0.05) is 0 Å². The van der Waals surface area contributed by atoms with E-state index in [1.807, 2.05) is 12.1 Å². The van der Waals surface area contributed by atoms with Gasteiger partial charge in [-0.3, -0.25) is 9.78 Å². The number of aliphatic carboxylic acids is 1. The van der Waals surface area contributed by atoms with Crippen LogP contribution < -0.4 is 5.32 Å². The Bertz CT molecular complexity index is 571. The first-order valence-electron chi connectivity index (χ1n) is 8.09. The van der Waals surface area contributed by atoms with E-state index >= 15 is 0 Å². The van der Waals surface area contributed by atoms with E-state index in [1.165, 1.54) is 4.90 Å². The molecule has 2 heterocycles. The monoisotopic (exact) mass is 335 g/mol. The highest BCUT2D eigenvalue weighted by atomic mass is 16.6. The Morgan fingerprint density at radius 1 is 1.38 bits per heavy atom. The Balaban J connectivity index is 1.95. The van der Waals surface area contributed by atoms with E-state index < -0.39 is 23.6 Å². The number of nitrogens with one attached hydrogen (secondary N) is 1. The molecule has 1 fully saturated rings. The third-order valence-corrected chi connectivity index (χ3v) is 3.90. The zero-order valence-corrected chi connectivity index (χ0v) is 14.4. The summed E-state index contributed by atoms with van der Waals surface area (Å²) in [4.78, 5) is 29.2. The van der Waals surface area contributed by atoms with Crippen molar-refractivity contribution in [2.45, 2.75) is 45.4 Å². The summed E-state index contributed by atoms with van der Waals surface area (Å²) in [6, 6.07) is 3.59. The van der Waals surface area contributed by atoms with Crippen molar-refractivity contribution in [3.8, 4) is 0 Å². The molecule has 1 saturated heterocycles. The lowest BCUT2D eigenvalue weighted by Crippen LogP contribution is -2.54. The highest BCUT2D eigenvalue weighted by molar-refractivity contribution is 5.74. The average molecular weight is 335 g/mol. The van der Waals surface area contributed by atoms with Gasteiger partial charge in [-0.05, 0) is 44.9 Å². The van der Waals surface area contributed by atoms with Crippen molar-refractivity contribution in [1.82, 2.24) is 15.2 Å². The molecule has 24 heavy (non-hydrogen) atoms. The maximum atomic E-state index is 12.2. The van der Waals surface area contributed by atoms with Crippen LogP contribution in [0, 0.1) is 5.92 Å². The molecule has 132 valence electrons. The second-order valence-corrected chi connectivity index (χ2v) is 7.00. The van der Waals surface area contributed by atoms with E-state index in [0.29, 0.717) is 19.5 Å². The first-order valence-corrected chi connectivity index (χ1v) is 8.09. The van der Waals surface area contributed by atoms with E-state index in [9.17, 15) is 14.7 Å². The van der Waals surface area contributed by atoms with Gasteiger partial charge in [0.2, 0.25) is 0 Å². The third-order valence-electron chi connectivity index (χ3n) is 3.90. The van der Waals surface area contributed by atoms with Crippen LogP contribution in [0.25, 0.3) is 0 Å². The number of piperidine rings is 1. The second kappa shape index (κ2) is 7.61. The lowest BCUT2D eigenvalue weighted by atomic mass is 9.92. The Morgan fingerprint density at radius 3 is 2.62 bits per heavy atom. The Kier molecular flexibility index (Phi) is 5.77. The van der Waals surface area contributed by atoms with E-state index in [1.54, 1.807) is 33.2 Å². The molecule has 2 rings (SSSR count). The number of amides is 1. The minimum atomic E-state index is -0.907. The standard InChI is InChI=1S/C17H25N3O4/c1-17(2,3)24-16(23)20-9-6-14(13(11-20)15(21)22)19-10-12-4-7-18-8-5-12/h4-5,7-8,13-14,19H,6,9-11H2,1-3H3,(H,21,22)/t13-,14+/m0/s1. The summed E-state index contributed by atoms with van der Waals surface area (Å²) in [5.41, 5.74) is 0.454. The fraction of sp³-hybridized carbons (Fsp3) is 0.588. The number of likely N-dealkylation sites (tertiary alicyclic amines) is 1. The molecule has 1 aliphatic rings. The summed E-state index contributed by atoms with van der Waals surface area (Å²) in [6.07, 6.45) is 3.52. The van der Waals surface area contributed by atoms with Crippen LogP contribution in [0.2, 0.25) is 0 Å². The second-order valence-electron chi connectivity index (χ2n) is 7.00. The van der Waals surface area contributed by atoms with Gasteiger partial charge >= 0.3 is 12.1 Å². The van der Waals surface area contributed by atoms with Crippen molar-refractivity contribution in [3.63, 3.8) is 0 Å². The van der Waals surface area contributed by atoms with Crippen LogP contribution in [-0.2, 0) is 16.1 Å². The Labute approximate surface area is 142 Å². The molecular weight excluding hydrogens is 310 g/mol. The number of aromatic nitrogens is 1. The number of hydrogen-bond donors (Lipinski definition) is 2. The largest absolute Gasteiger partial charge is 0.481 e. The van der Waals surface area contributed by atoms with Crippen molar-refractivity contribution in [3.05, 3.63) is 30.1 Å². The maximum Gasteiger partial charge on any atom is 0.410 e. The van der Waals surface area contributed by atoms with E-state index in [0.717, 1.165) is 5.56 Å². The van der Waals surface area contributed by atoms with Crippen LogP contribution in [0.3, 0.4) is 0 Å². The van der Waals surface area contributed by atoms with Crippen LogP contribution in [0.5, 0.6) is 0 Å². The minimum Gasteiger partial charge on any atom is -0.481 e. The van der Waals surface area contributed by atoms with E-state index in [2.05, 4.69) is 10.3 Å². The van der Waals surface area contributed by atoms with Crippen molar-refractivity contribution >= 4 is 12.1 Å². The van der Waals surface area contributed by atoms with Gasteiger partial charge in [-0.2, -0.15) is 0 Å². The fourth-order valence-corrected chi connectivity index (χ4v) is 2.69. The predicted octanol–water partition coefficient (Wildman–Crippen LogP) is 1.88. The molecule has 1 amide bonds. The predicted molar refractivity (Wildman–Crippen MR) is 88.4 cm³/mol. The zero-order chi connectivity index (χ0) is 17.7. The van der Waals surface area contributed by atoms with Gasteiger partial charge in [0.1, 0.15) is 5.60 Å². The molecule has 0 saturated carbocycles. The SMILES string of the molecule is CC(C)(C)OC(=O)N1CC[C@@H](NCc2ccncc2)[C@@H](C(=O)O)C1. The van der Waals surface area contributed by atoms with Gasteiger partial charge in [0, 0.05) is 38.1 Å². The molecule has 1 aromatic heterocycles. The minimum absolute atomic E-state index is 0.151. The Morgan fingerprint density at radius 2 is 2.04 bits per heavy atom. The molecule has 2 atom stereocenters. The maximum absolute atomic E-state index is 12.2. The van der Waals surface area contributed by atoms with Crippen LogP contribution in [0.1, 0.15) is 32.8 Å². The lowest BCUT2D eigenvalue weighted by molar-refractivity contribution is -0.144. The molecule has 1 aliphatic heterocycles. The van der Waals surface area contributed by atoms with Crippen molar-refractivity contribution in [2.75, 3.05) is 13.1 Å². The van der Waals surface area contributed by atoms with Crippen LogP contribution in [0.15, 0.2) is 24.5 Å². The van der Waals surface area contributed by atoms with Gasteiger partial charge in [-0.25, -0.2) is 4.79 Å². The van der Waals surface area contributed by atoms with Gasteiger partial charge in [0.15, 0.2) is 0 Å². The normalized spacial score (nSPS) is 21.4. The van der Waals surface area contributed by atoms with Gasteiger partial charge in [-0.15, -0.1) is 0 Å². The number of rotatable bonds is 4.